The van der Waals surface area contributed by atoms with Crippen LogP contribution in [-0.2, 0) is 4.74 Å². The van der Waals surface area contributed by atoms with Crippen molar-refractivity contribution in [2.45, 2.75) is 26.4 Å². The van der Waals surface area contributed by atoms with E-state index in [-0.39, 0.29) is 6.10 Å². The molecule has 1 aromatic rings. The van der Waals surface area contributed by atoms with Gasteiger partial charge < -0.3 is 10.1 Å². The van der Waals surface area contributed by atoms with Gasteiger partial charge in [-0.15, -0.1) is 0 Å². The molecule has 0 amide bonds. The van der Waals surface area contributed by atoms with E-state index in [1.54, 1.807) is 0 Å². The summed E-state index contributed by atoms with van der Waals surface area (Å²) in [6.07, 6.45) is 1.45. The fourth-order valence-electron chi connectivity index (χ4n) is 2.59. The van der Waals surface area contributed by atoms with Crippen molar-refractivity contribution in [3.05, 3.63) is 34.9 Å². The molecule has 16 heavy (non-hydrogen) atoms. The summed E-state index contributed by atoms with van der Waals surface area (Å²) >= 11 is 0. The molecule has 2 unspecified atom stereocenters. The van der Waals surface area contributed by atoms with Gasteiger partial charge in [-0.2, -0.15) is 0 Å². The molecule has 0 aliphatic carbocycles. The van der Waals surface area contributed by atoms with E-state index in [4.69, 9.17) is 4.74 Å². The number of ether oxygens (including phenoxy) is 1. The average molecular weight is 219 g/mol. The van der Waals surface area contributed by atoms with Gasteiger partial charge in [0.25, 0.3) is 0 Å². The van der Waals surface area contributed by atoms with Gasteiger partial charge in [-0.05, 0) is 38.4 Å². The van der Waals surface area contributed by atoms with E-state index in [1.807, 2.05) is 7.05 Å². The predicted octanol–water partition coefficient (Wildman–Crippen LogP) is 2.60. The first-order chi connectivity index (χ1) is 7.72. The van der Waals surface area contributed by atoms with Crippen LogP contribution >= 0.6 is 0 Å². The van der Waals surface area contributed by atoms with Gasteiger partial charge in [-0.25, -0.2) is 0 Å². The minimum Gasteiger partial charge on any atom is -0.373 e. The zero-order chi connectivity index (χ0) is 11.5. The fourth-order valence-corrected chi connectivity index (χ4v) is 2.59. The first-order valence-corrected chi connectivity index (χ1v) is 6.05. The van der Waals surface area contributed by atoms with Crippen LogP contribution in [-0.4, -0.2) is 20.2 Å². The summed E-state index contributed by atoms with van der Waals surface area (Å²) in [6.45, 7) is 6.25. The van der Waals surface area contributed by atoms with E-state index in [9.17, 15) is 0 Å². The van der Waals surface area contributed by atoms with E-state index in [1.165, 1.54) is 23.1 Å². The molecule has 0 radical (unpaired) electrons. The number of aryl methyl sites for hydroxylation is 2. The third-order valence-electron chi connectivity index (χ3n) is 3.41. The second kappa shape index (κ2) is 4.98. The van der Waals surface area contributed by atoms with Gasteiger partial charge in [0.05, 0.1) is 6.10 Å². The van der Waals surface area contributed by atoms with E-state index >= 15 is 0 Å². The Balaban J connectivity index is 2.22. The molecule has 0 aromatic heterocycles. The second-order valence-electron chi connectivity index (χ2n) is 4.76. The highest BCUT2D eigenvalue weighted by atomic mass is 16.5. The van der Waals surface area contributed by atoms with E-state index in [2.05, 4.69) is 37.4 Å². The standard InChI is InChI=1S/C14H21NO/c1-10-4-5-13(11(2)8-10)14-12(9-15-3)6-7-16-14/h4-5,8,12,14-15H,6-7,9H2,1-3H3. The first kappa shape index (κ1) is 11.6. The number of benzene rings is 1. The minimum absolute atomic E-state index is 0.285. The molecule has 0 bridgehead atoms. The van der Waals surface area contributed by atoms with Crippen molar-refractivity contribution in [1.82, 2.24) is 5.32 Å². The predicted molar refractivity (Wildman–Crippen MR) is 66.6 cm³/mol. The second-order valence-corrected chi connectivity index (χ2v) is 4.76. The molecule has 88 valence electrons. The lowest BCUT2D eigenvalue weighted by molar-refractivity contribution is 0.0905. The quantitative estimate of drug-likeness (QED) is 0.843. The number of nitrogens with one attached hydrogen (secondary N) is 1. The molecular formula is C14H21NO. The van der Waals surface area contributed by atoms with Crippen molar-refractivity contribution in [2.24, 2.45) is 5.92 Å². The van der Waals surface area contributed by atoms with Crippen molar-refractivity contribution >= 4 is 0 Å². The van der Waals surface area contributed by atoms with Crippen molar-refractivity contribution < 1.29 is 4.74 Å². The maximum Gasteiger partial charge on any atom is 0.0868 e. The van der Waals surface area contributed by atoms with Crippen LogP contribution in [0.2, 0.25) is 0 Å². The molecule has 2 atom stereocenters. The summed E-state index contributed by atoms with van der Waals surface area (Å²) in [4.78, 5) is 0. The topological polar surface area (TPSA) is 21.3 Å². The Labute approximate surface area is 98.0 Å². The summed E-state index contributed by atoms with van der Waals surface area (Å²) in [5, 5.41) is 3.26. The Morgan fingerprint density at radius 2 is 2.19 bits per heavy atom. The summed E-state index contributed by atoms with van der Waals surface area (Å²) in [7, 11) is 2.01. The molecule has 1 aliphatic heterocycles. The molecule has 0 saturated carbocycles. The lowest BCUT2D eigenvalue weighted by Gasteiger charge is -2.20. The monoisotopic (exact) mass is 219 g/mol. The van der Waals surface area contributed by atoms with E-state index < -0.39 is 0 Å². The van der Waals surface area contributed by atoms with Gasteiger partial charge >= 0.3 is 0 Å². The van der Waals surface area contributed by atoms with Gasteiger partial charge in [0.1, 0.15) is 0 Å². The molecule has 2 nitrogen and oxygen atoms in total. The van der Waals surface area contributed by atoms with Crippen LogP contribution in [0.4, 0.5) is 0 Å². The first-order valence-electron chi connectivity index (χ1n) is 6.05. The summed E-state index contributed by atoms with van der Waals surface area (Å²) in [5.41, 5.74) is 4.04. The molecule has 2 rings (SSSR count). The van der Waals surface area contributed by atoms with Gasteiger partial charge in [0.15, 0.2) is 0 Å². The molecule has 1 aromatic carbocycles. The van der Waals surface area contributed by atoms with Gasteiger partial charge in [-0.1, -0.05) is 23.8 Å². The van der Waals surface area contributed by atoms with Gasteiger partial charge in [0.2, 0.25) is 0 Å². The molecule has 0 spiro atoms. The third kappa shape index (κ3) is 2.28. The Bertz CT molecular complexity index is 362. The third-order valence-corrected chi connectivity index (χ3v) is 3.41. The Morgan fingerprint density at radius 3 is 2.88 bits per heavy atom. The number of rotatable bonds is 3. The molecule has 1 fully saturated rings. The molecule has 1 heterocycles. The largest absolute Gasteiger partial charge is 0.373 e. The van der Waals surface area contributed by atoms with Crippen molar-refractivity contribution in [3.8, 4) is 0 Å². The van der Waals surface area contributed by atoms with Crippen LogP contribution in [0.5, 0.6) is 0 Å². The highest BCUT2D eigenvalue weighted by molar-refractivity contribution is 5.32. The summed E-state index contributed by atoms with van der Waals surface area (Å²) in [5.74, 6) is 0.617. The van der Waals surface area contributed by atoms with E-state index in [0.29, 0.717) is 5.92 Å². The van der Waals surface area contributed by atoms with Crippen LogP contribution in [0.3, 0.4) is 0 Å². The Morgan fingerprint density at radius 1 is 1.38 bits per heavy atom. The van der Waals surface area contributed by atoms with Crippen molar-refractivity contribution in [2.75, 3.05) is 20.2 Å². The highest BCUT2D eigenvalue weighted by Crippen LogP contribution is 2.35. The van der Waals surface area contributed by atoms with Crippen LogP contribution in [0.15, 0.2) is 18.2 Å². The van der Waals surface area contributed by atoms with Gasteiger partial charge in [0, 0.05) is 19.1 Å². The van der Waals surface area contributed by atoms with Crippen LogP contribution in [0.25, 0.3) is 0 Å². The molecular weight excluding hydrogens is 198 g/mol. The van der Waals surface area contributed by atoms with Crippen LogP contribution < -0.4 is 5.32 Å². The zero-order valence-electron chi connectivity index (χ0n) is 10.4. The highest BCUT2D eigenvalue weighted by Gasteiger charge is 2.29. The maximum atomic E-state index is 5.88. The normalized spacial score (nSPS) is 24.9. The van der Waals surface area contributed by atoms with Crippen molar-refractivity contribution in [3.63, 3.8) is 0 Å². The zero-order valence-corrected chi connectivity index (χ0v) is 10.4. The van der Waals surface area contributed by atoms with Crippen LogP contribution in [0, 0.1) is 19.8 Å². The van der Waals surface area contributed by atoms with Gasteiger partial charge in [-0.3, -0.25) is 0 Å². The number of hydrogen-bond acceptors (Lipinski definition) is 2. The lowest BCUT2D eigenvalue weighted by Crippen LogP contribution is -2.21. The van der Waals surface area contributed by atoms with Crippen LogP contribution in [0.1, 0.15) is 29.2 Å². The fraction of sp³-hybridized carbons (Fsp3) is 0.571. The molecule has 1 aliphatic rings. The molecule has 2 heteroatoms. The Kier molecular flexibility index (Phi) is 3.62. The number of hydrogen-bond donors (Lipinski definition) is 1. The summed E-state index contributed by atoms with van der Waals surface area (Å²) < 4.78 is 5.88. The Hall–Kier alpha value is -0.860. The minimum atomic E-state index is 0.285. The smallest absolute Gasteiger partial charge is 0.0868 e. The maximum absolute atomic E-state index is 5.88. The summed E-state index contributed by atoms with van der Waals surface area (Å²) in [6, 6.07) is 6.65. The van der Waals surface area contributed by atoms with E-state index in [0.717, 1.165) is 13.2 Å². The average Bonchev–Trinajstić information content (AvgIpc) is 2.67. The SMILES string of the molecule is CNCC1CCOC1c1ccc(C)cc1C. The lowest BCUT2D eigenvalue weighted by atomic mass is 9.92. The molecule has 1 saturated heterocycles. The van der Waals surface area contributed by atoms with Crippen molar-refractivity contribution in [1.29, 1.82) is 0 Å². The molecule has 1 N–H and O–H groups in total.